The second kappa shape index (κ2) is 3.52. The summed E-state index contributed by atoms with van der Waals surface area (Å²) in [6.45, 7) is 0. The van der Waals surface area contributed by atoms with Crippen molar-refractivity contribution in [2.75, 3.05) is 0 Å². The van der Waals surface area contributed by atoms with Gasteiger partial charge in [0.05, 0.1) is 6.10 Å². The molecule has 3 saturated carbocycles. The lowest BCUT2D eigenvalue weighted by Gasteiger charge is -2.44. The van der Waals surface area contributed by atoms with E-state index in [-0.39, 0.29) is 6.10 Å². The molecule has 0 aromatic rings. The molecule has 5 atom stereocenters. The molecule has 3 fully saturated rings. The van der Waals surface area contributed by atoms with Crippen molar-refractivity contribution in [1.29, 1.82) is 0 Å². The van der Waals surface area contributed by atoms with Gasteiger partial charge in [0.25, 0.3) is 0 Å². The maximum absolute atomic E-state index is 10.1. The first-order valence-electron chi connectivity index (χ1n) is 6.54. The van der Waals surface area contributed by atoms with Crippen LogP contribution in [0.15, 0.2) is 0 Å². The molecule has 0 aromatic heterocycles. The summed E-state index contributed by atoms with van der Waals surface area (Å²) < 4.78 is 0. The lowest BCUT2D eigenvalue weighted by atomic mass is 9.62. The molecule has 3 aliphatic rings. The third-order valence-electron chi connectivity index (χ3n) is 5.19. The zero-order chi connectivity index (χ0) is 9.54. The lowest BCUT2D eigenvalue weighted by Crippen LogP contribution is -2.38. The van der Waals surface area contributed by atoms with Crippen LogP contribution < -0.4 is 0 Å². The van der Waals surface area contributed by atoms with E-state index in [1.54, 1.807) is 0 Å². The van der Waals surface area contributed by atoms with Crippen molar-refractivity contribution in [1.82, 2.24) is 0 Å². The highest BCUT2D eigenvalue weighted by Gasteiger charge is 2.46. The smallest absolute Gasteiger partial charge is 0.0573 e. The van der Waals surface area contributed by atoms with E-state index in [0.717, 1.165) is 24.2 Å². The molecule has 14 heavy (non-hydrogen) atoms. The normalized spacial score (nSPS) is 52.5. The molecular weight excluding hydrogens is 172 g/mol. The third-order valence-corrected chi connectivity index (χ3v) is 5.19. The number of rotatable bonds is 0. The molecule has 3 rings (SSSR count). The highest BCUT2D eigenvalue weighted by Crippen LogP contribution is 2.52. The average molecular weight is 194 g/mol. The summed E-state index contributed by atoms with van der Waals surface area (Å²) in [7, 11) is 0. The van der Waals surface area contributed by atoms with Gasteiger partial charge in [0.15, 0.2) is 0 Å². The zero-order valence-electron chi connectivity index (χ0n) is 8.99. The molecule has 1 heteroatoms. The highest BCUT2D eigenvalue weighted by molar-refractivity contribution is 4.96. The fraction of sp³-hybridized carbons (Fsp3) is 1.00. The van der Waals surface area contributed by atoms with Crippen molar-refractivity contribution in [2.45, 2.75) is 57.5 Å². The van der Waals surface area contributed by atoms with Crippen LogP contribution in [0.25, 0.3) is 0 Å². The van der Waals surface area contributed by atoms with Crippen LogP contribution >= 0.6 is 0 Å². The number of aliphatic hydroxyl groups excluding tert-OH is 1. The third kappa shape index (κ3) is 1.32. The van der Waals surface area contributed by atoms with E-state index in [4.69, 9.17) is 0 Å². The quantitative estimate of drug-likeness (QED) is 0.628. The van der Waals surface area contributed by atoms with Crippen molar-refractivity contribution < 1.29 is 5.11 Å². The molecule has 0 radical (unpaired) electrons. The van der Waals surface area contributed by atoms with Crippen LogP contribution in [0.3, 0.4) is 0 Å². The molecule has 1 N–H and O–H groups in total. The van der Waals surface area contributed by atoms with Gasteiger partial charge in [-0.25, -0.2) is 0 Å². The Balaban J connectivity index is 1.80. The van der Waals surface area contributed by atoms with Gasteiger partial charge < -0.3 is 5.11 Å². The van der Waals surface area contributed by atoms with Gasteiger partial charge in [-0.2, -0.15) is 0 Å². The van der Waals surface area contributed by atoms with Gasteiger partial charge in [0.1, 0.15) is 0 Å². The van der Waals surface area contributed by atoms with Gasteiger partial charge in [-0.3, -0.25) is 0 Å². The fourth-order valence-corrected chi connectivity index (χ4v) is 4.59. The van der Waals surface area contributed by atoms with Crippen LogP contribution in [0.2, 0.25) is 0 Å². The molecule has 0 bridgehead atoms. The Bertz CT molecular complexity index is 213. The molecule has 0 aliphatic heterocycles. The molecular formula is C13H22O. The van der Waals surface area contributed by atoms with Crippen molar-refractivity contribution in [3.63, 3.8) is 0 Å². The van der Waals surface area contributed by atoms with E-state index < -0.39 is 0 Å². The summed E-state index contributed by atoms with van der Waals surface area (Å²) in [5, 5.41) is 10.1. The predicted octanol–water partition coefficient (Wildman–Crippen LogP) is 2.97. The highest BCUT2D eigenvalue weighted by atomic mass is 16.3. The van der Waals surface area contributed by atoms with E-state index in [9.17, 15) is 5.11 Å². The Morgan fingerprint density at radius 3 is 2.36 bits per heavy atom. The average Bonchev–Trinajstić information content (AvgIpc) is 2.61. The van der Waals surface area contributed by atoms with Crippen LogP contribution in [-0.4, -0.2) is 11.2 Å². The summed E-state index contributed by atoms with van der Waals surface area (Å²) in [5.41, 5.74) is 0. The maximum Gasteiger partial charge on any atom is 0.0573 e. The van der Waals surface area contributed by atoms with Crippen molar-refractivity contribution >= 4 is 0 Å². The molecule has 0 aromatic carbocycles. The molecule has 3 aliphatic carbocycles. The minimum atomic E-state index is 0.0610. The molecule has 0 amide bonds. The number of fused-ring (bicyclic) bond motifs is 3. The fourth-order valence-electron chi connectivity index (χ4n) is 4.59. The van der Waals surface area contributed by atoms with E-state index in [1.165, 1.54) is 44.9 Å². The van der Waals surface area contributed by atoms with E-state index in [0.29, 0.717) is 5.92 Å². The minimum Gasteiger partial charge on any atom is -0.393 e. The van der Waals surface area contributed by atoms with Gasteiger partial charge in [-0.1, -0.05) is 19.3 Å². The van der Waals surface area contributed by atoms with Gasteiger partial charge in [0.2, 0.25) is 0 Å². The summed E-state index contributed by atoms with van der Waals surface area (Å²) in [6, 6.07) is 0. The summed E-state index contributed by atoms with van der Waals surface area (Å²) in [6.07, 6.45) is 11.1. The second-order valence-electron chi connectivity index (χ2n) is 5.77. The van der Waals surface area contributed by atoms with E-state index in [2.05, 4.69) is 0 Å². The minimum absolute atomic E-state index is 0.0610. The van der Waals surface area contributed by atoms with Crippen molar-refractivity contribution in [2.24, 2.45) is 23.7 Å². The monoisotopic (exact) mass is 194 g/mol. The van der Waals surface area contributed by atoms with Gasteiger partial charge >= 0.3 is 0 Å². The van der Waals surface area contributed by atoms with Crippen LogP contribution in [0.5, 0.6) is 0 Å². The zero-order valence-corrected chi connectivity index (χ0v) is 8.99. The van der Waals surface area contributed by atoms with Gasteiger partial charge in [0, 0.05) is 0 Å². The van der Waals surface area contributed by atoms with Crippen LogP contribution in [0, 0.1) is 23.7 Å². The molecule has 1 nitrogen and oxygen atoms in total. The van der Waals surface area contributed by atoms with E-state index in [1.807, 2.05) is 0 Å². The summed E-state index contributed by atoms with van der Waals surface area (Å²) in [4.78, 5) is 0. The summed E-state index contributed by atoms with van der Waals surface area (Å²) in [5.74, 6) is 3.48. The largest absolute Gasteiger partial charge is 0.393 e. The van der Waals surface area contributed by atoms with Gasteiger partial charge in [-0.15, -0.1) is 0 Å². The molecule has 5 unspecified atom stereocenters. The Morgan fingerprint density at radius 1 is 0.714 bits per heavy atom. The molecule has 0 heterocycles. The molecule has 0 saturated heterocycles. The Morgan fingerprint density at radius 2 is 1.43 bits per heavy atom. The lowest BCUT2D eigenvalue weighted by molar-refractivity contribution is 0.00327. The maximum atomic E-state index is 10.1. The van der Waals surface area contributed by atoms with Crippen molar-refractivity contribution in [3.8, 4) is 0 Å². The standard InChI is InChI=1S/C13H22O/c14-12-8-7-10-6-5-9-3-1-2-4-11(9)13(10)12/h9-14H,1-8H2. The topological polar surface area (TPSA) is 20.2 Å². The van der Waals surface area contributed by atoms with Crippen LogP contribution in [-0.2, 0) is 0 Å². The van der Waals surface area contributed by atoms with Crippen LogP contribution in [0.1, 0.15) is 51.4 Å². The first kappa shape index (κ1) is 9.21. The van der Waals surface area contributed by atoms with E-state index >= 15 is 0 Å². The Hall–Kier alpha value is -0.0400. The van der Waals surface area contributed by atoms with Crippen molar-refractivity contribution in [3.05, 3.63) is 0 Å². The Labute approximate surface area is 86.9 Å². The van der Waals surface area contributed by atoms with Gasteiger partial charge in [-0.05, 0) is 55.8 Å². The number of aliphatic hydroxyl groups is 1. The van der Waals surface area contributed by atoms with Crippen LogP contribution in [0.4, 0.5) is 0 Å². The summed E-state index contributed by atoms with van der Waals surface area (Å²) >= 11 is 0. The molecule has 80 valence electrons. The Kier molecular flexibility index (Phi) is 2.31. The second-order valence-corrected chi connectivity index (χ2v) is 5.77. The number of hydrogen-bond acceptors (Lipinski definition) is 1. The SMILES string of the molecule is OC1CCC2CCC3CCCCC3C12. The first-order chi connectivity index (χ1) is 6.86. The number of hydrogen-bond donors (Lipinski definition) is 1. The molecule has 0 spiro atoms. The first-order valence-corrected chi connectivity index (χ1v) is 6.54. The predicted molar refractivity (Wildman–Crippen MR) is 56.9 cm³/mol.